The number of piperidine rings is 1. The fourth-order valence-corrected chi connectivity index (χ4v) is 3.74. The number of carbonyl (C=O) groups is 2. The minimum atomic E-state index is -4.66. The maximum atomic E-state index is 12.9. The van der Waals surface area contributed by atoms with Crippen LogP contribution in [-0.4, -0.2) is 56.1 Å². The molecule has 1 aliphatic rings. The minimum Gasteiger partial charge on any atom is -0.466 e. The fraction of sp³-hybridized carbons (Fsp3) is 0.632. The summed E-state index contributed by atoms with van der Waals surface area (Å²) in [6, 6.07) is 0. The van der Waals surface area contributed by atoms with Gasteiger partial charge in [0, 0.05) is 30.9 Å². The Morgan fingerprint density at radius 2 is 1.97 bits per heavy atom. The van der Waals surface area contributed by atoms with Crippen molar-refractivity contribution in [2.24, 2.45) is 5.92 Å². The maximum absolute atomic E-state index is 12.9. The van der Waals surface area contributed by atoms with Crippen LogP contribution in [0.1, 0.15) is 49.0 Å². The normalized spacial score (nSPS) is 17.4. The number of aryl methyl sites for hydroxylation is 2. The van der Waals surface area contributed by atoms with Crippen molar-refractivity contribution in [2.45, 2.75) is 52.6 Å². The summed E-state index contributed by atoms with van der Waals surface area (Å²) in [5.74, 6) is -2.09. The number of halogens is 3. The van der Waals surface area contributed by atoms with Gasteiger partial charge in [-0.25, -0.2) is 9.50 Å². The van der Waals surface area contributed by atoms with Crippen LogP contribution in [0.5, 0.6) is 0 Å². The van der Waals surface area contributed by atoms with Gasteiger partial charge in [0.25, 0.3) is 11.6 Å². The highest BCUT2D eigenvalue weighted by Crippen LogP contribution is 2.27. The molecule has 1 saturated heterocycles. The standard InChI is InChI=1S/C19H24F3N5O3/c1-4-30-16(29)13-6-5-9-26(10-13)15(28)8-7-14-11(2)23-18-24-17(19(20,21)22)25-27(18)12(14)3/h13H,4-10H2,1-3H3. The Kier molecular flexibility index (Phi) is 6.27. The molecule has 2 aromatic heterocycles. The van der Waals surface area contributed by atoms with Gasteiger partial charge in [-0.1, -0.05) is 0 Å². The lowest BCUT2D eigenvalue weighted by Crippen LogP contribution is -2.42. The van der Waals surface area contributed by atoms with Gasteiger partial charge in [-0.2, -0.15) is 18.2 Å². The second-order valence-corrected chi connectivity index (χ2v) is 7.34. The molecule has 0 spiro atoms. The molecule has 0 N–H and O–H groups in total. The number of alkyl halides is 3. The van der Waals surface area contributed by atoms with E-state index in [9.17, 15) is 22.8 Å². The number of rotatable bonds is 5. The van der Waals surface area contributed by atoms with Gasteiger partial charge in [-0.05, 0) is 45.6 Å². The van der Waals surface area contributed by atoms with E-state index < -0.39 is 12.0 Å². The van der Waals surface area contributed by atoms with Crippen molar-refractivity contribution >= 4 is 17.7 Å². The van der Waals surface area contributed by atoms with Crippen molar-refractivity contribution in [3.8, 4) is 0 Å². The zero-order valence-corrected chi connectivity index (χ0v) is 17.1. The second kappa shape index (κ2) is 8.57. The van der Waals surface area contributed by atoms with Crippen molar-refractivity contribution < 1.29 is 27.5 Å². The van der Waals surface area contributed by atoms with Crippen molar-refractivity contribution in [3.63, 3.8) is 0 Å². The van der Waals surface area contributed by atoms with E-state index in [-0.39, 0.29) is 30.0 Å². The Labute approximate surface area is 171 Å². The van der Waals surface area contributed by atoms with Crippen molar-refractivity contribution in [1.29, 1.82) is 0 Å². The van der Waals surface area contributed by atoms with Crippen LogP contribution in [0.3, 0.4) is 0 Å². The van der Waals surface area contributed by atoms with Gasteiger partial charge in [0.2, 0.25) is 5.91 Å². The molecular formula is C19H24F3N5O3. The van der Waals surface area contributed by atoms with E-state index in [0.29, 0.717) is 49.5 Å². The number of esters is 1. The lowest BCUT2D eigenvalue weighted by Gasteiger charge is -2.31. The molecular weight excluding hydrogens is 403 g/mol. The van der Waals surface area contributed by atoms with Gasteiger partial charge in [0.15, 0.2) is 0 Å². The third-order valence-electron chi connectivity index (χ3n) is 5.29. The smallest absolute Gasteiger partial charge is 0.453 e. The molecule has 0 aliphatic carbocycles. The van der Waals surface area contributed by atoms with Crippen LogP contribution < -0.4 is 0 Å². The first kappa shape index (κ1) is 22.0. The van der Waals surface area contributed by atoms with E-state index in [0.717, 1.165) is 10.9 Å². The molecule has 3 heterocycles. The van der Waals surface area contributed by atoms with Crippen LogP contribution in [0, 0.1) is 19.8 Å². The zero-order chi connectivity index (χ0) is 22.1. The number of carbonyl (C=O) groups excluding carboxylic acids is 2. The van der Waals surface area contributed by atoms with Crippen molar-refractivity contribution in [3.05, 3.63) is 22.8 Å². The van der Waals surface area contributed by atoms with Crippen LogP contribution in [0.4, 0.5) is 13.2 Å². The summed E-state index contributed by atoms with van der Waals surface area (Å²) in [6.07, 6.45) is -2.78. The monoisotopic (exact) mass is 427 g/mol. The fourth-order valence-electron chi connectivity index (χ4n) is 3.74. The summed E-state index contributed by atoms with van der Waals surface area (Å²) >= 11 is 0. The van der Waals surface area contributed by atoms with Crippen molar-refractivity contribution in [2.75, 3.05) is 19.7 Å². The van der Waals surface area contributed by atoms with E-state index in [1.807, 2.05) is 0 Å². The van der Waals surface area contributed by atoms with Gasteiger partial charge in [0.1, 0.15) is 0 Å². The number of ether oxygens (including phenoxy) is 1. The highest BCUT2D eigenvalue weighted by Gasteiger charge is 2.37. The molecule has 1 aliphatic heterocycles. The first-order chi connectivity index (χ1) is 14.1. The Bertz CT molecular complexity index is 957. The molecule has 0 saturated carbocycles. The largest absolute Gasteiger partial charge is 0.466 e. The quantitative estimate of drug-likeness (QED) is 0.681. The van der Waals surface area contributed by atoms with Crippen LogP contribution in [0.15, 0.2) is 0 Å². The molecule has 1 atom stereocenters. The molecule has 0 bridgehead atoms. The number of hydrogen-bond donors (Lipinski definition) is 0. The summed E-state index contributed by atoms with van der Waals surface area (Å²) in [5.41, 5.74) is 1.64. The topological polar surface area (TPSA) is 89.7 Å². The molecule has 0 aromatic carbocycles. The molecule has 8 nitrogen and oxygen atoms in total. The van der Waals surface area contributed by atoms with Crippen molar-refractivity contribution in [1.82, 2.24) is 24.5 Å². The van der Waals surface area contributed by atoms with E-state index in [2.05, 4.69) is 15.1 Å². The van der Waals surface area contributed by atoms with E-state index in [1.165, 1.54) is 0 Å². The average Bonchev–Trinajstić information content (AvgIpc) is 3.12. The van der Waals surface area contributed by atoms with Gasteiger partial charge in [-0.15, -0.1) is 5.10 Å². The number of hydrogen-bond acceptors (Lipinski definition) is 6. The van der Waals surface area contributed by atoms with Gasteiger partial charge < -0.3 is 9.64 Å². The molecule has 1 amide bonds. The third kappa shape index (κ3) is 4.54. The second-order valence-electron chi connectivity index (χ2n) is 7.34. The summed E-state index contributed by atoms with van der Waals surface area (Å²) in [7, 11) is 0. The SMILES string of the molecule is CCOC(=O)C1CCCN(C(=O)CCc2c(C)nc3nc(C(F)(F)F)nn3c2C)C1. The Balaban J connectivity index is 1.72. The Hall–Kier alpha value is -2.72. The van der Waals surface area contributed by atoms with E-state index >= 15 is 0 Å². The number of fused-ring (bicyclic) bond motifs is 1. The lowest BCUT2D eigenvalue weighted by atomic mass is 9.97. The zero-order valence-electron chi connectivity index (χ0n) is 17.1. The summed E-state index contributed by atoms with van der Waals surface area (Å²) < 4.78 is 44.8. The number of likely N-dealkylation sites (tertiary alicyclic amines) is 1. The summed E-state index contributed by atoms with van der Waals surface area (Å²) in [6.45, 7) is 6.25. The van der Waals surface area contributed by atoms with E-state index in [1.54, 1.807) is 25.7 Å². The lowest BCUT2D eigenvalue weighted by molar-refractivity contribution is -0.151. The summed E-state index contributed by atoms with van der Waals surface area (Å²) in [4.78, 5) is 33.9. The van der Waals surface area contributed by atoms with Crippen LogP contribution in [-0.2, 0) is 26.9 Å². The van der Waals surface area contributed by atoms with Gasteiger partial charge >= 0.3 is 12.1 Å². The van der Waals surface area contributed by atoms with Crippen LogP contribution in [0.25, 0.3) is 5.78 Å². The number of aromatic nitrogens is 4. The first-order valence-corrected chi connectivity index (χ1v) is 9.86. The molecule has 164 valence electrons. The molecule has 1 fully saturated rings. The predicted molar refractivity (Wildman–Crippen MR) is 99.5 cm³/mol. The number of nitrogens with zero attached hydrogens (tertiary/aromatic N) is 5. The third-order valence-corrected chi connectivity index (χ3v) is 5.29. The van der Waals surface area contributed by atoms with Gasteiger partial charge in [0.05, 0.1) is 12.5 Å². The first-order valence-electron chi connectivity index (χ1n) is 9.86. The molecule has 1 unspecified atom stereocenters. The Morgan fingerprint density at radius 3 is 2.63 bits per heavy atom. The molecule has 11 heteroatoms. The molecule has 0 radical (unpaired) electrons. The highest BCUT2D eigenvalue weighted by atomic mass is 19.4. The average molecular weight is 427 g/mol. The molecule has 3 rings (SSSR count). The predicted octanol–water partition coefficient (Wildman–Crippen LogP) is 2.49. The van der Waals surface area contributed by atoms with Gasteiger partial charge in [-0.3, -0.25) is 9.59 Å². The van der Waals surface area contributed by atoms with Crippen LogP contribution in [0.2, 0.25) is 0 Å². The maximum Gasteiger partial charge on any atom is 0.453 e. The Morgan fingerprint density at radius 1 is 1.23 bits per heavy atom. The highest BCUT2D eigenvalue weighted by molar-refractivity contribution is 5.78. The minimum absolute atomic E-state index is 0.113. The van der Waals surface area contributed by atoms with Crippen LogP contribution >= 0.6 is 0 Å². The summed E-state index contributed by atoms with van der Waals surface area (Å²) in [5, 5.41) is 3.52. The number of amides is 1. The molecule has 30 heavy (non-hydrogen) atoms. The molecule has 2 aromatic rings. The van der Waals surface area contributed by atoms with E-state index in [4.69, 9.17) is 4.74 Å².